The molecule has 2 rings (SSSR count). The fourth-order valence-electron chi connectivity index (χ4n) is 2.08. The third kappa shape index (κ3) is 4.29. The zero-order valence-corrected chi connectivity index (χ0v) is 13.6. The molecule has 1 unspecified atom stereocenters. The number of benzene rings is 1. The first-order chi connectivity index (χ1) is 10.1. The molecule has 0 aliphatic heterocycles. The van der Waals surface area contributed by atoms with Crippen LogP contribution in [0.5, 0.6) is 0 Å². The molecular weight excluding hydrogens is 330 g/mol. The number of carbonyl (C=O) groups excluding carboxylic acids is 1. The van der Waals surface area contributed by atoms with Gasteiger partial charge in [-0.25, -0.2) is 4.79 Å². The minimum Gasteiger partial charge on any atom is -0.334 e. The van der Waals surface area contributed by atoms with Crippen molar-refractivity contribution in [2.75, 3.05) is 0 Å². The van der Waals surface area contributed by atoms with Crippen LogP contribution in [-0.2, 0) is 6.54 Å². The number of urea groups is 1. The molecule has 1 aromatic heterocycles. The van der Waals surface area contributed by atoms with Crippen molar-refractivity contribution in [2.45, 2.75) is 26.4 Å². The molecule has 2 N–H and O–H groups in total. The van der Waals surface area contributed by atoms with Crippen molar-refractivity contribution in [3.63, 3.8) is 0 Å². The van der Waals surface area contributed by atoms with E-state index in [1.807, 2.05) is 50.2 Å². The summed E-state index contributed by atoms with van der Waals surface area (Å²) in [4.78, 5) is 16.3. The van der Waals surface area contributed by atoms with E-state index in [1.54, 1.807) is 6.20 Å². The van der Waals surface area contributed by atoms with Crippen LogP contribution in [0.4, 0.5) is 4.79 Å². The molecule has 5 heteroatoms. The highest BCUT2D eigenvalue weighted by atomic mass is 79.9. The van der Waals surface area contributed by atoms with E-state index < -0.39 is 0 Å². The summed E-state index contributed by atoms with van der Waals surface area (Å²) in [6.07, 6.45) is 1.74. The standard InChI is InChI=1S/C16H18BrN3O/c1-11-6-5-9-18-15(11)12(2)20-16(21)19-10-13-7-3-4-8-14(13)17/h3-9,12H,10H2,1-2H3,(H2,19,20,21). The van der Waals surface area contributed by atoms with Gasteiger partial charge >= 0.3 is 6.03 Å². The van der Waals surface area contributed by atoms with Crippen molar-refractivity contribution >= 4 is 22.0 Å². The maximum Gasteiger partial charge on any atom is 0.315 e. The van der Waals surface area contributed by atoms with Gasteiger partial charge in [-0.3, -0.25) is 4.98 Å². The van der Waals surface area contributed by atoms with E-state index in [4.69, 9.17) is 0 Å². The molecule has 0 radical (unpaired) electrons. The minimum atomic E-state index is -0.205. The topological polar surface area (TPSA) is 54.0 Å². The third-order valence-corrected chi connectivity index (χ3v) is 3.98. The zero-order chi connectivity index (χ0) is 15.2. The monoisotopic (exact) mass is 347 g/mol. The number of halogens is 1. The van der Waals surface area contributed by atoms with Gasteiger partial charge in [0.25, 0.3) is 0 Å². The maximum atomic E-state index is 12.0. The lowest BCUT2D eigenvalue weighted by Gasteiger charge is -2.16. The van der Waals surface area contributed by atoms with Gasteiger partial charge in [-0.05, 0) is 37.1 Å². The van der Waals surface area contributed by atoms with E-state index in [2.05, 4.69) is 31.5 Å². The zero-order valence-electron chi connectivity index (χ0n) is 12.1. The van der Waals surface area contributed by atoms with Crippen molar-refractivity contribution in [2.24, 2.45) is 0 Å². The van der Waals surface area contributed by atoms with Gasteiger partial charge in [0, 0.05) is 17.2 Å². The Labute approximate surface area is 133 Å². The Kier molecular flexibility index (Phi) is 5.33. The molecule has 2 amide bonds. The van der Waals surface area contributed by atoms with Crippen LogP contribution < -0.4 is 10.6 Å². The summed E-state index contributed by atoms with van der Waals surface area (Å²) in [6, 6.07) is 11.3. The van der Waals surface area contributed by atoms with Crippen LogP contribution in [0.3, 0.4) is 0 Å². The highest BCUT2D eigenvalue weighted by Gasteiger charge is 2.12. The van der Waals surface area contributed by atoms with E-state index in [1.165, 1.54) is 0 Å². The number of nitrogens with one attached hydrogen (secondary N) is 2. The lowest BCUT2D eigenvalue weighted by molar-refractivity contribution is 0.237. The molecule has 1 aromatic carbocycles. The highest BCUT2D eigenvalue weighted by Crippen LogP contribution is 2.16. The van der Waals surface area contributed by atoms with Crippen LogP contribution in [0.15, 0.2) is 47.1 Å². The first-order valence-corrected chi connectivity index (χ1v) is 7.56. The fourth-order valence-corrected chi connectivity index (χ4v) is 2.51. The molecule has 0 fully saturated rings. The number of pyridine rings is 1. The molecule has 0 saturated heterocycles. The van der Waals surface area contributed by atoms with Crippen molar-refractivity contribution in [3.8, 4) is 0 Å². The van der Waals surface area contributed by atoms with Crippen LogP contribution in [0, 0.1) is 6.92 Å². The summed E-state index contributed by atoms with van der Waals surface area (Å²) >= 11 is 3.46. The predicted octanol–water partition coefficient (Wildman–Crippen LogP) is 3.71. The van der Waals surface area contributed by atoms with Gasteiger partial charge in [0.1, 0.15) is 0 Å². The molecule has 1 heterocycles. The first kappa shape index (κ1) is 15.5. The van der Waals surface area contributed by atoms with E-state index in [9.17, 15) is 4.79 Å². The number of rotatable bonds is 4. The second kappa shape index (κ2) is 7.22. The highest BCUT2D eigenvalue weighted by molar-refractivity contribution is 9.10. The van der Waals surface area contributed by atoms with E-state index in [0.29, 0.717) is 6.54 Å². The summed E-state index contributed by atoms with van der Waals surface area (Å²) in [5.74, 6) is 0. The van der Waals surface area contributed by atoms with Gasteiger partial charge < -0.3 is 10.6 Å². The van der Waals surface area contributed by atoms with Crippen LogP contribution in [0.25, 0.3) is 0 Å². The summed E-state index contributed by atoms with van der Waals surface area (Å²) in [7, 11) is 0. The van der Waals surface area contributed by atoms with Crippen LogP contribution >= 0.6 is 15.9 Å². The minimum absolute atomic E-state index is 0.134. The number of nitrogens with zero attached hydrogens (tertiary/aromatic N) is 1. The molecular formula is C16H18BrN3O. The van der Waals surface area contributed by atoms with Gasteiger partial charge in [0.2, 0.25) is 0 Å². The van der Waals surface area contributed by atoms with E-state index in [0.717, 1.165) is 21.3 Å². The Morgan fingerprint density at radius 1 is 1.29 bits per heavy atom. The van der Waals surface area contributed by atoms with E-state index >= 15 is 0 Å². The first-order valence-electron chi connectivity index (χ1n) is 6.77. The molecule has 0 spiro atoms. The molecule has 0 aliphatic carbocycles. The molecule has 21 heavy (non-hydrogen) atoms. The average Bonchev–Trinajstić information content (AvgIpc) is 2.46. The smallest absolute Gasteiger partial charge is 0.315 e. The van der Waals surface area contributed by atoms with Gasteiger partial charge in [0.05, 0.1) is 11.7 Å². The Morgan fingerprint density at radius 2 is 2.05 bits per heavy atom. The van der Waals surface area contributed by atoms with Crippen LogP contribution in [0.1, 0.15) is 29.8 Å². The predicted molar refractivity (Wildman–Crippen MR) is 86.9 cm³/mol. The Hall–Kier alpha value is -1.88. The van der Waals surface area contributed by atoms with Crippen molar-refractivity contribution in [1.82, 2.24) is 15.6 Å². The van der Waals surface area contributed by atoms with Crippen LogP contribution in [0.2, 0.25) is 0 Å². The number of hydrogen-bond acceptors (Lipinski definition) is 2. The molecule has 0 aliphatic rings. The Bertz CT molecular complexity index is 630. The number of hydrogen-bond donors (Lipinski definition) is 2. The maximum absolute atomic E-state index is 12.0. The Morgan fingerprint density at radius 3 is 2.76 bits per heavy atom. The molecule has 2 aromatic rings. The number of aromatic nitrogens is 1. The lowest BCUT2D eigenvalue weighted by Crippen LogP contribution is -2.37. The van der Waals surface area contributed by atoms with Crippen molar-refractivity contribution in [1.29, 1.82) is 0 Å². The van der Waals surface area contributed by atoms with Gasteiger partial charge in [-0.15, -0.1) is 0 Å². The van der Waals surface area contributed by atoms with Gasteiger partial charge in [-0.2, -0.15) is 0 Å². The van der Waals surface area contributed by atoms with Gasteiger partial charge in [-0.1, -0.05) is 40.2 Å². The fraction of sp³-hybridized carbons (Fsp3) is 0.250. The molecule has 1 atom stereocenters. The van der Waals surface area contributed by atoms with Crippen molar-refractivity contribution in [3.05, 3.63) is 63.9 Å². The quantitative estimate of drug-likeness (QED) is 0.885. The largest absolute Gasteiger partial charge is 0.334 e. The number of aryl methyl sites for hydroxylation is 1. The number of carbonyl (C=O) groups is 1. The van der Waals surface area contributed by atoms with Crippen molar-refractivity contribution < 1.29 is 4.79 Å². The third-order valence-electron chi connectivity index (χ3n) is 3.20. The Balaban J connectivity index is 1.90. The number of amides is 2. The second-order valence-corrected chi connectivity index (χ2v) is 5.70. The van der Waals surface area contributed by atoms with E-state index in [-0.39, 0.29) is 12.1 Å². The summed E-state index contributed by atoms with van der Waals surface area (Å²) in [5, 5.41) is 5.75. The summed E-state index contributed by atoms with van der Waals surface area (Å²) in [6.45, 7) is 4.38. The molecule has 0 bridgehead atoms. The molecule has 110 valence electrons. The molecule has 0 saturated carbocycles. The average molecular weight is 348 g/mol. The lowest BCUT2D eigenvalue weighted by atomic mass is 10.1. The molecule has 4 nitrogen and oxygen atoms in total. The SMILES string of the molecule is Cc1cccnc1C(C)NC(=O)NCc1ccccc1Br. The summed E-state index contributed by atoms with van der Waals surface area (Å²) < 4.78 is 0.985. The summed E-state index contributed by atoms with van der Waals surface area (Å²) in [5.41, 5.74) is 2.99. The normalized spacial score (nSPS) is 11.8. The van der Waals surface area contributed by atoms with Gasteiger partial charge in [0.15, 0.2) is 0 Å². The van der Waals surface area contributed by atoms with Crippen LogP contribution in [-0.4, -0.2) is 11.0 Å². The second-order valence-electron chi connectivity index (χ2n) is 4.85.